The molecule has 1 aromatic heterocycles. The van der Waals surface area contributed by atoms with Gasteiger partial charge in [0.25, 0.3) is 5.91 Å². The first-order valence-corrected chi connectivity index (χ1v) is 8.74. The zero-order valence-corrected chi connectivity index (χ0v) is 15.5. The molecular formula is C22H22N4O. The molecule has 0 aliphatic carbocycles. The van der Waals surface area contributed by atoms with Crippen molar-refractivity contribution >= 4 is 17.4 Å². The molecule has 0 radical (unpaired) electrons. The summed E-state index contributed by atoms with van der Waals surface area (Å²) >= 11 is 0. The number of hydrogen-bond donors (Lipinski definition) is 2. The van der Waals surface area contributed by atoms with Gasteiger partial charge in [0, 0.05) is 23.9 Å². The molecule has 2 aromatic carbocycles. The number of rotatable bonds is 6. The molecule has 5 nitrogen and oxygen atoms in total. The molecule has 136 valence electrons. The third-order valence-electron chi connectivity index (χ3n) is 4.06. The minimum atomic E-state index is -0.273. The van der Waals surface area contributed by atoms with Gasteiger partial charge >= 0.3 is 0 Å². The van der Waals surface area contributed by atoms with E-state index in [1.54, 1.807) is 12.1 Å². The maximum atomic E-state index is 12.8. The fourth-order valence-electron chi connectivity index (χ4n) is 2.60. The molecule has 1 heterocycles. The predicted molar refractivity (Wildman–Crippen MR) is 110 cm³/mol. The monoisotopic (exact) mass is 358 g/mol. The van der Waals surface area contributed by atoms with E-state index in [-0.39, 0.29) is 5.91 Å². The van der Waals surface area contributed by atoms with Gasteiger partial charge in [-0.1, -0.05) is 48.5 Å². The molecule has 0 spiro atoms. The lowest BCUT2D eigenvalue weighted by Crippen LogP contribution is -2.16. The number of nitrogens with one attached hydrogen (secondary N) is 2. The van der Waals surface area contributed by atoms with Gasteiger partial charge in [0.2, 0.25) is 0 Å². The summed E-state index contributed by atoms with van der Waals surface area (Å²) in [5, 5.41) is 6.09. The normalized spacial score (nSPS) is 10.3. The smallest absolute Gasteiger partial charge is 0.274 e. The molecule has 2 N–H and O–H groups in total. The second kappa shape index (κ2) is 8.27. The Balaban J connectivity index is 1.96. The summed E-state index contributed by atoms with van der Waals surface area (Å²) in [7, 11) is 0. The molecule has 0 fully saturated rings. The van der Waals surface area contributed by atoms with Crippen LogP contribution in [-0.4, -0.2) is 22.4 Å². The van der Waals surface area contributed by atoms with Crippen LogP contribution in [0.5, 0.6) is 0 Å². The van der Waals surface area contributed by atoms with Gasteiger partial charge in [0.05, 0.1) is 0 Å². The molecule has 3 rings (SSSR count). The molecule has 0 aliphatic heterocycles. The summed E-state index contributed by atoms with van der Waals surface area (Å²) in [6, 6.07) is 17.2. The van der Waals surface area contributed by atoms with Gasteiger partial charge in [0.15, 0.2) is 5.82 Å². The number of carbonyl (C=O) groups is 1. The standard InChI is InChI=1S/C22H22N4O/c1-4-12-23-20-14-19(24-21(26-20)17-8-6-5-7-9-17)22(27)25-18-13-15(2)10-11-16(18)3/h4-11,13-14H,1,12H2,2-3H3,(H,25,27)(H,23,24,26). The van der Waals surface area contributed by atoms with Crippen molar-refractivity contribution < 1.29 is 4.79 Å². The predicted octanol–water partition coefficient (Wildman–Crippen LogP) is 4.61. The van der Waals surface area contributed by atoms with E-state index < -0.39 is 0 Å². The molecule has 3 aromatic rings. The quantitative estimate of drug-likeness (QED) is 0.632. The molecule has 0 saturated heterocycles. The number of nitrogens with zero attached hydrogens (tertiary/aromatic N) is 2. The SMILES string of the molecule is C=CCNc1cc(C(=O)Nc2cc(C)ccc2C)nc(-c2ccccc2)n1. The molecule has 0 atom stereocenters. The van der Waals surface area contributed by atoms with Gasteiger partial charge in [-0.15, -0.1) is 6.58 Å². The van der Waals surface area contributed by atoms with Crippen LogP contribution in [0.2, 0.25) is 0 Å². The zero-order valence-electron chi connectivity index (χ0n) is 15.5. The Bertz CT molecular complexity index is 967. The van der Waals surface area contributed by atoms with Crippen LogP contribution < -0.4 is 10.6 Å². The lowest BCUT2D eigenvalue weighted by atomic mass is 10.1. The molecule has 1 amide bonds. The topological polar surface area (TPSA) is 66.9 Å². The molecular weight excluding hydrogens is 336 g/mol. The molecule has 0 saturated carbocycles. The Morgan fingerprint density at radius 3 is 2.59 bits per heavy atom. The van der Waals surface area contributed by atoms with Crippen LogP contribution in [0.3, 0.4) is 0 Å². The number of aromatic nitrogens is 2. The first-order chi connectivity index (χ1) is 13.1. The first-order valence-electron chi connectivity index (χ1n) is 8.74. The zero-order chi connectivity index (χ0) is 19.2. The van der Waals surface area contributed by atoms with Crippen molar-refractivity contribution in [2.75, 3.05) is 17.2 Å². The fourth-order valence-corrected chi connectivity index (χ4v) is 2.60. The van der Waals surface area contributed by atoms with Crippen LogP contribution >= 0.6 is 0 Å². The van der Waals surface area contributed by atoms with Gasteiger partial charge < -0.3 is 10.6 Å². The van der Waals surface area contributed by atoms with Crippen molar-refractivity contribution in [2.45, 2.75) is 13.8 Å². The van der Waals surface area contributed by atoms with Crippen LogP contribution in [-0.2, 0) is 0 Å². The Labute approximate surface area is 159 Å². The number of benzene rings is 2. The van der Waals surface area contributed by atoms with Crippen molar-refractivity contribution in [1.82, 2.24) is 9.97 Å². The Morgan fingerprint density at radius 1 is 1.07 bits per heavy atom. The molecule has 0 aliphatic rings. The summed E-state index contributed by atoms with van der Waals surface area (Å²) in [4.78, 5) is 21.8. The average molecular weight is 358 g/mol. The second-order valence-electron chi connectivity index (χ2n) is 6.27. The Kier molecular flexibility index (Phi) is 5.61. The molecule has 5 heteroatoms. The van der Waals surface area contributed by atoms with E-state index in [1.165, 1.54) is 0 Å². The maximum Gasteiger partial charge on any atom is 0.274 e. The number of amides is 1. The molecule has 0 bridgehead atoms. The van der Waals surface area contributed by atoms with Gasteiger partial charge in [0.1, 0.15) is 11.5 Å². The highest BCUT2D eigenvalue weighted by atomic mass is 16.1. The maximum absolute atomic E-state index is 12.8. The number of carbonyl (C=O) groups excluding carboxylic acids is 1. The Hall–Kier alpha value is -3.47. The lowest BCUT2D eigenvalue weighted by Gasteiger charge is -2.11. The highest BCUT2D eigenvalue weighted by Gasteiger charge is 2.14. The average Bonchev–Trinajstić information content (AvgIpc) is 2.69. The van der Waals surface area contributed by atoms with Crippen LogP contribution in [0.25, 0.3) is 11.4 Å². The van der Waals surface area contributed by atoms with Gasteiger partial charge in [-0.25, -0.2) is 9.97 Å². The minimum Gasteiger partial charge on any atom is -0.366 e. The lowest BCUT2D eigenvalue weighted by molar-refractivity contribution is 0.102. The van der Waals surface area contributed by atoms with E-state index in [4.69, 9.17) is 0 Å². The Morgan fingerprint density at radius 2 is 1.85 bits per heavy atom. The van der Waals surface area contributed by atoms with Gasteiger partial charge in [-0.2, -0.15) is 0 Å². The number of aryl methyl sites for hydroxylation is 2. The van der Waals surface area contributed by atoms with E-state index in [0.29, 0.717) is 23.9 Å². The largest absolute Gasteiger partial charge is 0.366 e. The summed E-state index contributed by atoms with van der Waals surface area (Å²) in [6.45, 7) is 8.20. The second-order valence-corrected chi connectivity index (χ2v) is 6.27. The van der Waals surface area contributed by atoms with Crippen LogP contribution in [0.15, 0.2) is 67.3 Å². The van der Waals surface area contributed by atoms with Crippen LogP contribution in [0.1, 0.15) is 21.6 Å². The fraction of sp³-hybridized carbons (Fsp3) is 0.136. The van der Waals surface area contributed by atoms with E-state index in [2.05, 4.69) is 27.2 Å². The third kappa shape index (κ3) is 4.58. The van der Waals surface area contributed by atoms with Crippen LogP contribution in [0, 0.1) is 13.8 Å². The summed E-state index contributed by atoms with van der Waals surface area (Å²) < 4.78 is 0. The van der Waals surface area contributed by atoms with E-state index in [1.807, 2.05) is 62.4 Å². The number of anilines is 2. The first kappa shape index (κ1) is 18.3. The third-order valence-corrected chi connectivity index (χ3v) is 4.06. The van der Waals surface area contributed by atoms with Gasteiger partial charge in [-0.3, -0.25) is 4.79 Å². The van der Waals surface area contributed by atoms with Crippen LogP contribution in [0.4, 0.5) is 11.5 Å². The van der Waals surface area contributed by atoms with E-state index in [9.17, 15) is 4.79 Å². The number of hydrogen-bond acceptors (Lipinski definition) is 4. The minimum absolute atomic E-state index is 0.273. The highest BCUT2D eigenvalue weighted by molar-refractivity contribution is 6.04. The van der Waals surface area contributed by atoms with E-state index >= 15 is 0 Å². The van der Waals surface area contributed by atoms with E-state index in [0.717, 1.165) is 22.4 Å². The highest BCUT2D eigenvalue weighted by Crippen LogP contribution is 2.20. The summed E-state index contributed by atoms with van der Waals surface area (Å²) in [5.41, 5.74) is 4.01. The summed E-state index contributed by atoms with van der Waals surface area (Å²) in [5.74, 6) is 0.801. The van der Waals surface area contributed by atoms with Crippen molar-refractivity contribution in [1.29, 1.82) is 0 Å². The van der Waals surface area contributed by atoms with Gasteiger partial charge in [-0.05, 0) is 31.0 Å². The van der Waals surface area contributed by atoms with Crippen molar-refractivity contribution in [3.63, 3.8) is 0 Å². The summed E-state index contributed by atoms with van der Waals surface area (Å²) in [6.07, 6.45) is 1.74. The molecule has 0 unspecified atom stereocenters. The van der Waals surface area contributed by atoms with Crippen molar-refractivity contribution in [3.05, 3.63) is 84.1 Å². The van der Waals surface area contributed by atoms with Crippen molar-refractivity contribution in [2.24, 2.45) is 0 Å². The van der Waals surface area contributed by atoms with Crippen molar-refractivity contribution in [3.8, 4) is 11.4 Å². The molecule has 27 heavy (non-hydrogen) atoms.